The van der Waals surface area contributed by atoms with E-state index in [0.717, 1.165) is 24.8 Å². The summed E-state index contributed by atoms with van der Waals surface area (Å²) < 4.78 is 12.6. The van der Waals surface area contributed by atoms with Crippen molar-refractivity contribution in [1.82, 2.24) is 0 Å². The maximum absolute atomic E-state index is 10.8. The first-order valence-electron chi connectivity index (χ1n) is 9.19. The molecule has 2 aliphatic rings. The van der Waals surface area contributed by atoms with Crippen LogP contribution in [0.3, 0.4) is 0 Å². The summed E-state index contributed by atoms with van der Waals surface area (Å²) >= 11 is 0. The molecular weight excluding hydrogens is 306 g/mol. The molecular formula is C19H27NO4. The van der Waals surface area contributed by atoms with Crippen molar-refractivity contribution in [3.8, 4) is 0 Å². The fourth-order valence-electron chi connectivity index (χ4n) is 4.23. The lowest BCUT2D eigenvalue weighted by atomic mass is 9.76. The van der Waals surface area contributed by atoms with Crippen LogP contribution in [-0.4, -0.2) is 17.1 Å². The third-order valence-electron chi connectivity index (χ3n) is 5.64. The number of nitro groups is 1. The van der Waals surface area contributed by atoms with E-state index in [1.54, 1.807) is 12.1 Å². The summed E-state index contributed by atoms with van der Waals surface area (Å²) in [4.78, 5) is 10.5. The average molecular weight is 333 g/mol. The lowest BCUT2D eigenvalue weighted by Gasteiger charge is -2.47. The van der Waals surface area contributed by atoms with Gasteiger partial charge in [-0.3, -0.25) is 10.1 Å². The van der Waals surface area contributed by atoms with E-state index in [0.29, 0.717) is 11.8 Å². The minimum atomic E-state index is -0.407. The van der Waals surface area contributed by atoms with Gasteiger partial charge in [-0.05, 0) is 30.9 Å². The molecule has 5 nitrogen and oxygen atoms in total. The number of nitrogens with zero attached hydrogens (tertiary/aromatic N) is 1. The first-order valence-corrected chi connectivity index (χ1v) is 9.19. The van der Waals surface area contributed by atoms with E-state index in [2.05, 4.69) is 13.8 Å². The van der Waals surface area contributed by atoms with Gasteiger partial charge >= 0.3 is 0 Å². The minimum Gasteiger partial charge on any atom is -0.345 e. The summed E-state index contributed by atoms with van der Waals surface area (Å²) in [5.74, 6) is 1.03. The molecule has 1 aromatic carbocycles. The van der Waals surface area contributed by atoms with Crippen LogP contribution in [0, 0.1) is 22.0 Å². The van der Waals surface area contributed by atoms with Crippen molar-refractivity contribution >= 4 is 5.69 Å². The van der Waals surface area contributed by atoms with Crippen LogP contribution in [0.4, 0.5) is 5.69 Å². The molecule has 1 aromatic rings. The molecule has 0 spiro atoms. The standard InChI is InChI=1S/C19H27NO4/c1-3-13(4-2)18-16-7-5-6-8-17(16)23-19(24-18)14-9-11-15(12-10-14)20(21)22/h9-13,16-19H,3-8H2,1-2H3/t16-,17-,18+,19-/m1/s1. The summed E-state index contributed by atoms with van der Waals surface area (Å²) in [6, 6.07) is 6.58. The van der Waals surface area contributed by atoms with Crippen LogP contribution in [0.5, 0.6) is 0 Å². The molecule has 0 amide bonds. The van der Waals surface area contributed by atoms with Crippen LogP contribution in [-0.2, 0) is 9.47 Å². The Morgan fingerprint density at radius 1 is 1.12 bits per heavy atom. The number of nitro benzene ring substituents is 1. The molecule has 1 aliphatic heterocycles. The Kier molecular flexibility index (Phi) is 5.51. The van der Waals surface area contributed by atoms with E-state index in [1.165, 1.54) is 31.4 Å². The molecule has 0 radical (unpaired) electrons. The average Bonchev–Trinajstić information content (AvgIpc) is 2.62. The van der Waals surface area contributed by atoms with Gasteiger partial charge in [0.2, 0.25) is 0 Å². The zero-order valence-corrected chi connectivity index (χ0v) is 14.5. The van der Waals surface area contributed by atoms with Gasteiger partial charge in [-0.1, -0.05) is 39.5 Å². The van der Waals surface area contributed by atoms with E-state index >= 15 is 0 Å². The van der Waals surface area contributed by atoms with Gasteiger partial charge in [0.25, 0.3) is 5.69 Å². The first kappa shape index (κ1) is 17.4. The van der Waals surface area contributed by atoms with E-state index in [-0.39, 0.29) is 22.8 Å². The summed E-state index contributed by atoms with van der Waals surface area (Å²) in [6.45, 7) is 4.46. The maximum Gasteiger partial charge on any atom is 0.269 e. The van der Waals surface area contributed by atoms with Gasteiger partial charge < -0.3 is 9.47 Å². The maximum atomic E-state index is 10.8. The number of rotatable bonds is 5. The molecule has 24 heavy (non-hydrogen) atoms. The third-order valence-corrected chi connectivity index (χ3v) is 5.64. The van der Waals surface area contributed by atoms with Gasteiger partial charge in [0, 0.05) is 23.6 Å². The van der Waals surface area contributed by atoms with Crippen LogP contribution >= 0.6 is 0 Å². The first-order chi connectivity index (χ1) is 11.6. The van der Waals surface area contributed by atoms with E-state index < -0.39 is 6.29 Å². The number of hydrogen-bond acceptors (Lipinski definition) is 4. The number of non-ortho nitro benzene ring substituents is 1. The van der Waals surface area contributed by atoms with Gasteiger partial charge in [-0.2, -0.15) is 0 Å². The van der Waals surface area contributed by atoms with Crippen molar-refractivity contribution in [2.45, 2.75) is 70.9 Å². The SMILES string of the molecule is CCC(CC)[C@@H]1O[C@H](c2ccc([N+](=O)[O-])cc2)O[C@@H]2CCCC[C@H]21. The van der Waals surface area contributed by atoms with Gasteiger partial charge in [0.05, 0.1) is 17.1 Å². The highest BCUT2D eigenvalue weighted by Gasteiger charge is 2.43. The molecule has 0 unspecified atom stereocenters. The van der Waals surface area contributed by atoms with Crippen LogP contribution in [0.15, 0.2) is 24.3 Å². The van der Waals surface area contributed by atoms with Crippen LogP contribution < -0.4 is 0 Å². The number of ether oxygens (including phenoxy) is 2. The Bertz CT molecular complexity index is 555. The lowest BCUT2D eigenvalue weighted by Crippen LogP contribution is -2.47. The van der Waals surface area contributed by atoms with Crippen molar-refractivity contribution in [1.29, 1.82) is 0 Å². The van der Waals surface area contributed by atoms with E-state index in [4.69, 9.17) is 9.47 Å². The van der Waals surface area contributed by atoms with Crippen LogP contribution in [0.2, 0.25) is 0 Å². The molecule has 1 heterocycles. The summed E-state index contributed by atoms with van der Waals surface area (Å²) in [6.07, 6.45) is 7.02. The largest absolute Gasteiger partial charge is 0.345 e. The van der Waals surface area contributed by atoms with Crippen molar-refractivity contribution in [3.63, 3.8) is 0 Å². The Hall–Kier alpha value is -1.46. The Morgan fingerprint density at radius 2 is 1.79 bits per heavy atom. The van der Waals surface area contributed by atoms with E-state index in [9.17, 15) is 10.1 Å². The second kappa shape index (κ2) is 7.62. The zero-order chi connectivity index (χ0) is 17.1. The highest BCUT2D eigenvalue weighted by molar-refractivity contribution is 5.33. The topological polar surface area (TPSA) is 61.6 Å². The van der Waals surface area contributed by atoms with Crippen molar-refractivity contribution in [2.75, 3.05) is 0 Å². The van der Waals surface area contributed by atoms with Crippen LogP contribution in [0.1, 0.15) is 64.2 Å². The lowest BCUT2D eigenvalue weighted by molar-refractivity contribution is -0.384. The number of benzene rings is 1. The smallest absolute Gasteiger partial charge is 0.269 e. The van der Waals surface area contributed by atoms with Crippen molar-refractivity contribution in [2.24, 2.45) is 11.8 Å². The second-order valence-electron chi connectivity index (χ2n) is 6.98. The highest BCUT2D eigenvalue weighted by atomic mass is 16.7. The second-order valence-corrected chi connectivity index (χ2v) is 6.98. The van der Waals surface area contributed by atoms with Gasteiger partial charge in [0.1, 0.15) is 0 Å². The fourth-order valence-corrected chi connectivity index (χ4v) is 4.23. The molecule has 2 fully saturated rings. The minimum absolute atomic E-state index is 0.0987. The summed E-state index contributed by atoms with van der Waals surface area (Å²) in [5, 5.41) is 10.8. The van der Waals surface area contributed by atoms with Crippen molar-refractivity contribution < 1.29 is 14.4 Å². The molecule has 0 N–H and O–H groups in total. The normalized spacial score (nSPS) is 30.1. The van der Waals surface area contributed by atoms with E-state index in [1.807, 2.05) is 0 Å². The predicted octanol–water partition coefficient (Wildman–Crippen LogP) is 5.00. The zero-order valence-electron chi connectivity index (χ0n) is 14.5. The van der Waals surface area contributed by atoms with Gasteiger partial charge in [0.15, 0.2) is 6.29 Å². The fraction of sp³-hybridized carbons (Fsp3) is 0.684. The molecule has 1 saturated carbocycles. The Morgan fingerprint density at radius 3 is 2.42 bits per heavy atom. The van der Waals surface area contributed by atoms with Gasteiger partial charge in [-0.15, -0.1) is 0 Å². The number of hydrogen-bond donors (Lipinski definition) is 0. The number of fused-ring (bicyclic) bond motifs is 1. The third kappa shape index (κ3) is 3.47. The van der Waals surface area contributed by atoms with Gasteiger partial charge in [-0.25, -0.2) is 0 Å². The molecule has 132 valence electrons. The van der Waals surface area contributed by atoms with Crippen LogP contribution in [0.25, 0.3) is 0 Å². The monoisotopic (exact) mass is 333 g/mol. The Labute approximate surface area is 143 Å². The summed E-state index contributed by atoms with van der Waals surface area (Å²) in [5.41, 5.74) is 0.974. The molecule has 5 heteroatoms. The molecule has 0 bridgehead atoms. The molecule has 1 saturated heterocycles. The quantitative estimate of drug-likeness (QED) is 0.561. The van der Waals surface area contributed by atoms with Crippen molar-refractivity contribution in [3.05, 3.63) is 39.9 Å². The Balaban J connectivity index is 1.82. The summed E-state index contributed by atoms with van der Waals surface area (Å²) in [7, 11) is 0. The highest BCUT2D eigenvalue weighted by Crippen LogP contribution is 2.44. The molecule has 0 aromatic heterocycles. The molecule has 1 aliphatic carbocycles. The molecule has 3 rings (SSSR count). The molecule has 4 atom stereocenters. The predicted molar refractivity (Wildman–Crippen MR) is 91.6 cm³/mol.